The number of carbonyl (C=O) groups is 1. The van der Waals surface area contributed by atoms with Crippen molar-refractivity contribution in [1.82, 2.24) is 4.72 Å². The van der Waals surface area contributed by atoms with Gasteiger partial charge in [0, 0.05) is 5.69 Å². The number of carbonyl (C=O) groups excluding carboxylic acids is 1. The minimum atomic E-state index is -3.15. The highest BCUT2D eigenvalue weighted by atomic mass is 32.3. The molecule has 9 heteroatoms. The lowest BCUT2D eigenvalue weighted by molar-refractivity contribution is 0.157. The molecule has 0 spiro atoms. The fraction of sp³-hybridized carbons (Fsp3) is 0.619. The number of aryl methyl sites for hydroxylation is 2. The Hall–Kier alpha value is -1.42. The predicted octanol–water partition coefficient (Wildman–Crippen LogP) is 3.43. The number of rotatable bonds is 4. The van der Waals surface area contributed by atoms with Gasteiger partial charge in [-0.05, 0) is 88.6 Å². The van der Waals surface area contributed by atoms with E-state index < -0.39 is 25.6 Å². The van der Waals surface area contributed by atoms with Crippen LogP contribution in [0.5, 0.6) is 0 Å². The molecule has 1 aliphatic heterocycles. The van der Waals surface area contributed by atoms with E-state index in [0.29, 0.717) is 5.04 Å². The first kappa shape index (κ1) is 21.8. The van der Waals surface area contributed by atoms with Crippen molar-refractivity contribution >= 4 is 38.4 Å². The van der Waals surface area contributed by atoms with Crippen LogP contribution < -0.4 is 10.0 Å². The van der Waals surface area contributed by atoms with E-state index in [1.165, 1.54) is 34.0 Å². The van der Waals surface area contributed by atoms with Crippen LogP contribution in [-0.4, -0.2) is 43.7 Å². The molecule has 2 aliphatic carbocycles. The number of fused-ring (bicyclic) bond motifs is 2. The molecule has 1 heterocycles. The second kappa shape index (κ2) is 7.62. The summed E-state index contributed by atoms with van der Waals surface area (Å²) in [6, 6.07) is 1.71. The van der Waals surface area contributed by atoms with Crippen molar-refractivity contribution in [3.05, 3.63) is 28.3 Å². The second-order valence-electron chi connectivity index (χ2n) is 8.90. The number of nitrogens with one attached hydrogen (secondary N) is 2. The molecule has 3 aliphatic rings. The van der Waals surface area contributed by atoms with Gasteiger partial charge in [0.15, 0.2) is 0 Å². The molecule has 0 aromatic heterocycles. The first-order chi connectivity index (χ1) is 14.1. The molecule has 0 saturated carbocycles. The zero-order valence-corrected chi connectivity index (χ0v) is 19.6. The van der Waals surface area contributed by atoms with E-state index in [-0.39, 0.29) is 6.54 Å². The fourth-order valence-corrected chi connectivity index (χ4v) is 7.72. The van der Waals surface area contributed by atoms with Crippen LogP contribution in [0.3, 0.4) is 0 Å². The third-order valence-corrected chi connectivity index (χ3v) is 10.7. The largest absolute Gasteiger partial charge is 0.384 e. The summed E-state index contributed by atoms with van der Waals surface area (Å²) >= 11 is 1.23. The van der Waals surface area contributed by atoms with E-state index in [4.69, 9.17) is 0 Å². The Morgan fingerprint density at radius 1 is 1.23 bits per heavy atom. The highest BCUT2D eigenvalue weighted by molar-refractivity contribution is 8.24. The molecule has 1 aromatic rings. The number of hydrogen-bond acceptors (Lipinski definition) is 5. The molecule has 164 valence electrons. The van der Waals surface area contributed by atoms with Gasteiger partial charge in [0.25, 0.3) is 0 Å². The number of anilines is 1. The van der Waals surface area contributed by atoms with Crippen molar-refractivity contribution in [2.24, 2.45) is 9.36 Å². The van der Waals surface area contributed by atoms with Crippen LogP contribution in [0.1, 0.15) is 55.9 Å². The van der Waals surface area contributed by atoms with Crippen LogP contribution in [0, 0.1) is 0 Å². The summed E-state index contributed by atoms with van der Waals surface area (Å²) in [5, 5.41) is 13.8. The Kier molecular flexibility index (Phi) is 5.53. The summed E-state index contributed by atoms with van der Waals surface area (Å²) in [6.07, 6.45) is 6.18. The minimum Gasteiger partial charge on any atom is -0.384 e. The summed E-state index contributed by atoms with van der Waals surface area (Å²) in [7, 11) is -1.60. The van der Waals surface area contributed by atoms with Crippen LogP contribution in [0.15, 0.2) is 15.4 Å². The minimum absolute atomic E-state index is 0.212. The number of hydrogen-bond donors (Lipinski definition) is 3. The number of urea groups is 1. The van der Waals surface area contributed by atoms with Gasteiger partial charge in [-0.2, -0.15) is 0 Å². The average Bonchev–Trinajstić information content (AvgIpc) is 3.40. The molecule has 1 aromatic carbocycles. The molecule has 30 heavy (non-hydrogen) atoms. The van der Waals surface area contributed by atoms with Gasteiger partial charge in [-0.25, -0.2) is 13.7 Å². The Balaban J connectivity index is 1.64. The summed E-state index contributed by atoms with van der Waals surface area (Å²) < 4.78 is 19.7. The molecule has 0 saturated heterocycles. The maximum absolute atomic E-state index is 13.7. The number of nitrogens with zero attached hydrogens (tertiary/aromatic N) is 2. The van der Waals surface area contributed by atoms with Gasteiger partial charge in [0.05, 0.1) is 6.54 Å². The molecule has 2 amide bonds. The Morgan fingerprint density at radius 2 is 1.83 bits per heavy atom. The third-order valence-electron chi connectivity index (χ3n) is 6.12. The Labute approximate surface area is 182 Å². The van der Waals surface area contributed by atoms with Crippen molar-refractivity contribution in [2.75, 3.05) is 18.9 Å². The topological polar surface area (TPSA) is 103 Å². The smallest absolute Gasteiger partial charge is 0.354 e. The van der Waals surface area contributed by atoms with E-state index in [2.05, 4.69) is 25.5 Å². The lowest BCUT2D eigenvalue weighted by atomic mass is 9.99. The zero-order valence-electron chi connectivity index (χ0n) is 18.0. The van der Waals surface area contributed by atoms with E-state index in [0.717, 1.165) is 44.2 Å². The van der Waals surface area contributed by atoms with E-state index in [9.17, 15) is 14.1 Å². The summed E-state index contributed by atoms with van der Waals surface area (Å²) in [5.74, 6) is 0. The van der Waals surface area contributed by atoms with E-state index in [1.807, 2.05) is 0 Å². The Bertz CT molecular complexity index is 1020. The summed E-state index contributed by atoms with van der Waals surface area (Å²) in [4.78, 5) is 17.3. The lowest BCUT2D eigenvalue weighted by Crippen LogP contribution is -2.42. The number of aliphatic hydroxyl groups is 1. The number of aliphatic imine (C=N–C) groups is 1. The molecule has 2 unspecified atom stereocenters. The van der Waals surface area contributed by atoms with Crippen LogP contribution in [-0.2, 0) is 35.6 Å². The fourth-order valence-electron chi connectivity index (χ4n) is 4.52. The van der Waals surface area contributed by atoms with E-state index in [1.54, 1.807) is 27.8 Å². The third kappa shape index (κ3) is 3.70. The standard InChI is InChI=1S/C21H30N4O3S2/c1-20(2,27)18-23-12-21(3,29-18)30(28,22-4)25-19(26)24-17-15-9-5-7-13(15)11-14-8-6-10-16(14)17/h11,27H,5-10,12H2,1-4H3,(H2,22,24,25,26,28). The normalized spacial score (nSPS) is 24.8. The van der Waals surface area contributed by atoms with Crippen molar-refractivity contribution in [3.8, 4) is 0 Å². The van der Waals surface area contributed by atoms with Crippen molar-refractivity contribution in [1.29, 1.82) is 0 Å². The van der Waals surface area contributed by atoms with Crippen molar-refractivity contribution < 1.29 is 14.1 Å². The van der Waals surface area contributed by atoms with Crippen LogP contribution in [0.2, 0.25) is 0 Å². The monoisotopic (exact) mass is 450 g/mol. The predicted molar refractivity (Wildman–Crippen MR) is 124 cm³/mol. The number of amides is 2. The molecule has 0 bridgehead atoms. The molecular weight excluding hydrogens is 420 g/mol. The molecule has 7 nitrogen and oxygen atoms in total. The summed E-state index contributed by atoms with van der Waals surface area (Å²) in [5.41, 5.74) is 4.84. The Morgan fingerprint density at radius 3 is 2.33 bits per heavy atom. The zero-order chi connectivity index (χ0) is 21.7. The van der Waals surface area contributed by atoms with Gasteiger partial charge in [-0.3, -0.25) is 4.99 Å². The lowest BCUT2D eigenvalue weighted by Gasteiger charge is -2.27. The maximum atomic E-state index is 13.7. The first-order valence-corrected chi connectivity index (χ1v) is 12.8. The highest BCUT2D eigenvalue weighted by Crippen LogP contribution is 2.42. The van der Waals surface area contributed by atoms with Gasteiger partial charge in [0.2, 0.25) is 0 Å². The van der Waals surface area contributed by atoms with Crippen molar-refractivity contribution in [3.63, 3.8) is 0 Å². The van der Waals surface area contributed by atoms with Gasteiger partial charge in [-0.1, -0.05) is 17.8 Å². The quantitative estimate of drug-likeness (QED) is 0.654. The number of thioether (sulfide) groups is 1. The van der Waals surface area contributed by atoms with Gasteiger partial charge < -0.3 is 10.4 Å². The molecule has 3 N–H and O–H groups in total. The molecule has 0 radical (unpaired) electrons. The van der Waals surface area contributed by atoms with Gasteiger partial charge >= 0.3 is 6.03 Å². The van der Waals surface area contributed by atoms with Crippen LogP contribution in [0.4, 0.5) is 10.5 Å². The van der Waals surface area contributed by atoms with Crippen LogP contribution >= 0.6 is 11.8 Å². The van der Waals surface area contributed by atoms with Gasteiger partial charge in [0.1, 0.15) is 24.6 Å². The number of benzene rings is 1. The molecular formula is C21H30N4O3S2. The van der Waals surface area contributed by atoms with E-state index >= 15 is 0 Å². The maximum Gasteiger partial charge on any atom is 0.354 e. The SMILES string of the molecule is CNS(=O)(=NC(=O)Nc1c2c(cc3c1CCC3)CCC2)C1(C)CN=C(C(C)(C)O)S1. The molecule has 4 rings (SSSR count). The second-order valence-corrected chi connectivity index (χ2v) is 13.2. The van der Waals surface area contributed by atoms with Crippen molar-refractivity contribution in [2.45, 2.75) is 69.0 Å². The van der Waals surface area contributed by atoms with Gasteiger partial charge in [-0.15, -0.1) is 4.36 Å². The van der Waals surface area contributed by atoms with Crippen LogP contribution in [0.25, 0.3) is 0 Å². The highest BCUT2D eigenvalue weighted by Gasteiger charge is 2.46. The summed E-state index contributed by atoms with van der Waals surface area (Å²) in [6.45, 7) is 5.27. The molecule has 2 atom stereocenters. The first-order valence-electron chi connectivity index (χ1n) is 10.5. The average molecular weight is 451 g/mol. The molecule has 0 fully saturated rings.